The first kappa shape index (κ1) is 14.7. The van der Waals surface area contributed by atoms with E-state index in [1.807, 2.05) is 25.9 Å². The van der Waals surface area contributed by atoms with Crippen LogP contribution in [-0.2, 0) is 0 Å². The molecule has 1 heterocycles. The third-order valence-electron chi connectivity index (χ3n) is 2.40. The van der Waals surface area contributed by atoms with Crippen LogP contribution in [0.1, 0.15) is 18.0 Å². The van der Waals surface area contributed by atoms with Gasteiger partial charge in [0.2, 0.25) is 5.13 Å². The van der Waals surface area contributed by atoms with Gasteiger partial charge in [-0.3, -0.25) is 0 Å². The van der Waals surface area contributed by atoms with Crippen LogP contribution in [0.2, 0.25) is 0 Å². The van der Waals surface area contributed by atoms with Crippen molar-refractivity contribution in [3.63, 3.8) is 0 Å². The number of carbonyl (C=O) groups is 1. The number of carbonyl (C=O) groups excluding carboxylic acids is 1. The van der Waals surface area contributed by atoms with E-state index in [2.05, 4.69) is 15.5 Å². The van der Waals surface area contributed by atoms with Crippen molar-refractivity contribution in [2.24, 2.45) is 0 Å². The summed E-state index contributed by atoms with van der Waals surface area (Å²) in [6.45, 7) is 3.35. The van der Waals surface area contributed by atoms with Crippen LogP contribution in [0.3, 0.4) is 0 Å². The summed E-state index contributed by atoms with van der Waals surface area (Å²) in [6.07, 6.45) is 0. The number of urea groups is 1. The van der Waals surface area contributed by atoms with E-state index >= 15 is 0 Å². The molecule has 0 saturated heterocycles. The zero-order chi connectivity index (χ0) is 13.7. The van der Waals surface area contributed by atoms with E-state index in [0.29, 0.717) is 16.7 Å². The first-order chi connectivity index (χ1) is 8.40. The van der Waals surface area contributed by atoms with E-state index in [1.165, 1.54) is 11.3 Å². The number of nitrogens with zero attached hydrogens (tertiary/aromatic N) is 4. The molecule has 1 aromatic rings. The maximum atomic E-state index is 11.9. The van der Waals surface area contributed by atoms with Crippen molar-refractivity contribution in [1.29, 1.82) is 0 Å². The minimum atomic E-state index is -0.186. The van der Waals surface area contributed by atoms with Crippen molar-refractivity contribution in [2.75, 3.05) is 40.0 Å². The monoisotopic (exact) mass is 272 g/mol. The Balaban J connectivity index is 2.44. The molecule has 0 bridgehead atoms. The van der Waals surface area contributed by atoms with E-state index in [1.54, 1.807) is 11.9 Å². The summed E-state index contributed by atoms with van der Waals surface area (Å²) in [6, 6.07) is -0.313. The molecule has 0 fully saturated rings. The summed E-state index contributed by atoms with van der Waals surface area (Å²) in [5.74, 6) is 0. The summed E-state index contributed by atoms with van der Waals surface area (Å²) in [7, 11) is 5.71. The SMILES string of the molecule is CC(NC(=O)N(C)CCN(C)C)c1nnc(N)s1. The molecule has 1 atom stereocenters. The highest BCUT2D eigenvalue weighted by Gasteiger charge is 2.16. The van der Waals surface area contributed by atoms with Gasteiger partial charge < -0.3 is 20.9 Å². The highest BCUT2D eigenvalue weighted by atomic mass is 32.1. The van der Waals surface area contributed by atoms with E-state index in [0.717, 1.165) is 6.54 Å². The Hall–Kier alpha value is -1.41. The zero-order valence-corrected chi connectivity index (χ0v) is 12.0. The Kier molecular flexibility index (Phi) is 5.29. The molecule has 1 aromatic heterocycles. The third kappa shape index (κ3) is 4.46. The third-order valence-corrected chi connectivity index (χ3v) is 3.33. The molecule has 0 aliphatic rings. The zero-order valence-electron chi connectivity index (χ0n) is 11.2. The van der Waals surface area contributed by atoms with Crippen LogP contribution in [-0.4, -0.2) is 60.3 Å². The maximum absolute atomic E-state index is 11.9. The highest BCUT2D eigenvalue weighted by Crippen LogP contribution is 2.18. The summed E-state index contributed by atoms with van der Waals surface area (Å²) in [4.78, 5) is 15.5. The lowest BCUT2D eigenvalue weighted by atomic mass is 10.3. The Morgan fingerprint density at radius 3 is 2.56 bits per heavy atom. The Morgan fingerprint density at radius 1 is 1.39 bits per heavy atom. The van der Waals surface area contributed by atoms with Crippen LogP contribution in [0.15, 0.2) is 0 Å². The van der Waals surface area contributed by atoms with Gasteiger partial charge in [0.1, 0.15) is 5.01 Å². The van der Waals surface area contributed by atoms with Crippen molar-refractivity contribution in [1.82, 2.24) is 25.3 Å². The predicted molar refractivity (Wildman–Crippen MR) is 72.5 cm³/mol. The van der Waals surface area contributed by atoms with Crippen LogP contribution in [0.5, 0.6) is 0 Å². The fourth-order valence-electron chi connectivity index (χ4n) is 1.23. The van der Waals surface area contributed by atoms with Crippen molar-refractivity contribution < 1.29 is 4.79 Å². The highest BCUT2D eigenvalue weighted by molar-refractivity contribution is 7.15. The van der Waals surface area contributed by atoms with Gasteiger partial charge in [-0.05, 0) is 21.0 Å². The van der Waals surface area contributed by atoms with Crippen LogP contribution < -0.4 is 11.1 Å². The number of hydrogen-bond donors (Lipinski definition) is 2. The molecule has 102 valence electrons. The number of amides is 2. The van der Waals surface area contributed by atoms with Gasteiger partial charge >= 0.3 is 6.03 Å². The number of aromatic nitrogens is 2. The summed E-state index contributed by atoms with van der Waals surface area (Å²) < 4.78 is 0. The second kappa shape index (κ2) is 6.50. The van der Waals surface area contributed by atoms with Gasteiger partial charge in [0.15, 0.2) is 0 Å². The standard InChI is InChI=1S/C10H20N6OS/c1-7(8-13-14-9(11)18-8)12-10(17)16(4)6-5-15(2)3/h7H,5-6H2,1-4H3,(H2,11,14)(H,12,17). The van der Waals surface area contributed by atoms with Gasteiger partial charge in [-0.25, -0.2) is 4.79 Å². The van der Waals surface area contributed by atoms with Crippen molar-refractivity contribution in [3.05, 3.63) is 5.01 Å². The topological polar surface area (TPSA) is 87.4 Å². The Bertz CT molecular complexity index is 393. The van der Waals surface area contributed by atoms with Gasteiger partial charge in [0.05, 0.1) is 6.04 Å². The number of hydrogen-bond acceptors (Lipinski definition) is 6. The van der Waals surface area contributed by atoms with E-state index < -0.39 is 0 Å². The molecule has 2 amide bonds. The molecule has 0 radical (unpaired) electrons. The fraction of sp³-hybridized carbons (Fsp3) is 0.700. The normalized spacial score (nSPS) is 12.5. The first-order valence-electron chi connectivity index (χ1n) is 5.65. The molecule has 1 rings (SSSR count). The summed E-state index contributed by atoms with van der Waals surface area (Å²) in [5.41, 5.74) is 5.50. The number of nitrogens with two attached hydrogens (primary N) is 1. The lowest BCUT2D eigenvalue weighted by Gasteiger charge is -2.21. The quantitative estimate of drug-likeness (QED) is 0.809. The predicted octanol–water partition coefficient (Wildman–Crippen LogP) is 0.384. The lowest BCUT2D eigenvalue weighted by Crippen LogP contribution is -2.41. The van der Waals surface area contributed by atoms with E-state index in [-0.39, 0.29) is 12.1 Å². The van der Waals surface area contributed by atoms with Gasteiger partial charge in [-0.1, -0.05) is 11.3 Å². The molecule has 0 spiro atoms. The number of likely N-dealkylation sites (N-methyl/N-ethyl adjacent to an activating group) is 2. The van der Waals surface area contributed by atoms with Crippen molar-refractivity contribution in [3.8, 4) is 0 Å². The van der Waals surface area contributed by atoms with Crippen LogP contribution in [0, 0.1) is 0 Å². The molecule has 0 aliphatic carbocycles. The molecular formula is C10H20N6OS. The molecule has 18 heavy (non-hydrogen) atoms. The van der Waals surface area contributed by atoms with Crippen molar-refractivity contribution >= 4 is 22.5 Å². The first-order valence-corrected chi connectivity index (χ1v) is 6.47. The molecule has 0 saturated carbocycles. The number of anilines is 1. The van der Waals surface area contributed by atoms with Crippen molar-refractivity contribution in [2.45, 2.75) is 13.0 Å². The van der Waals surface area contributed by atoms with Crippen LogP contribution >= 0.6 is 11.3 Å². The minimum Gasteiger partial charge on any atom is -0.374 e. The average Bonchev–Trinajstić information content (AvgIpc) is 2.72. The lowest BCUT2D eigenvalue weighted by molar-refractivity contribution is 0.200. The molecule has 8 heteroatoms. The second-order valence-corrected chi connectivity index (χ2v) is 5.42. The van der Waals surface area contributed by atoms with Crippen LogP contribution in [0.4, 0.5) is 9.93 Å². The van der Waals surface area contributed by atoms with Gasteiger partial charge in [0, 0.05) is 20.1 Å². The second-order valence-electron chi connectivity index (χ2n) is 4.37. The van der Waals surface area contributed by atoms with Gasteiger partial charge in [-0.2, -0.15) is 0 Å². The maximum Gasteiger partial charge on any atom is 0.317 e. The van der Waals surface area contributed by atoms with Gasteiger partial charge in [-0.15, -0.1) is 10.2 Å². The molecule has 0 aliphatic heterocycles. The van der Waals surface area contributed by atoms with E-state index in [4.69, 9.17) is 5.73 Å². The molecule has 1 unspecified atom stereocenters. The Labute approximate surface area is 111 Å². The molecule has 0 aromatic carbocycles. The minimum absolute atomic E-state index is 0.127. The molecular weight excluding hydrogens is 252 g/mol. The fourth-order valence-corrected chi connectivity index (χ4v) is 1.84. The number of nitrogens with one attached hydrogen (secondary N) is 1. The molecule has 7 nitrogen and oxygen atoms in total. The van der Waals surface area contributed by atoms with Gasteiger partial charge in [0.25, 0.3) is 0 Å². The smallest absolute Gasteiger partial charge is 0.317 e. The van der Waals surface area contributed by atoms with E-state index in [9.17, 15) is 4.79 Å². The van der Waals surface area contributed by atoms with Crippen LogP contribution in [0.25, 0.3) is 0 Å². The molecule has 3 N–H and O–H groups in total. The average molecular weight is 272 g/mol. The number of rotatable bonds is 5. The summed E-state index contributed by atoms with van der Waals surface area (Å²) >= 11 is 1.28. The summed E-state index contributed by atoms with van der Waals surface area (Å²) in [5, 5.41) is 11.6. The largest absolute Gasteiger partial charge is 0.374 e. The number of nitrogen functional groups attached to an aromatic ring is 1. The Morgan fingerprint density at radius 2 is 2.06 bits per heavy atom.